The maximum atomic E-state index is 11.7. The number of carbonyl (C=O) groups is 1. The van der Waals surface area contributed by atoms with E-state index in [-0.39, 0.29) is 5.60 Å². The Morgan fingerprint density at radius 3 is 2.97 bits per heavy atom. The van der Waals surface area contributed by atoms with Crippen molar-refractivity contribution in [3.63, 3.8) is 0 Å². The number of hydrogen-bond donors (Lipinski definition) is 0. The molecule has 0 bridgehead atoms. The largest absolute Gasteiger partial charge is 0.378 e. The van der Waals surface area contributed by atoms with Crippen LogP contribution in [-0.2, 0) is 14.3 Å². The van der Waals surface area contributed by atoms with Crippen molar-refractivity contribution in [1.29, 1.82) is 0 Å². The van der Waals surface area contributed by atoms with E-state index in [4.69, 9.17) is 9.47 Å². The molecule has 0 N–H and O–H groups in total. The summed E-state index contributed by atoms with van der Waals surface area (Å²) in [6.07, 6.45) is 17.0. The molecule has 0 aromatic carbocycles. The van der Waals surface area contributed by atoms with Gasteiger partial charge in [0, 0.05) is 24.9 Å². The van der Waals surface area contributed by atoms with Crippen molar-refractivity contribution in [3.8, 4) is 0 Å². The van der Waals surface area contributed by atoms with Crippen LogP contribution in [0.15, 0.2) is 11.6 Å². The van der Waals surface area contributed by atoms with E-state index in [1.165, 1.54) is 64.2 Å². The molecule has 0 spiro atoms. The maximum Gasteiger partial charge on any atom is 0.186 e. The second-order valence-electron chi connectivity index (χ2n) is 10.9. The number of thioether (sulfide) groups is 1. The fourth-order valence-electron chi connectivity index (χ4n) is 7.98. The summed E-state index contributed by atoms with van der Waals surface area (Å²) in [5.41, 5.74) is 1.83. The number of allylic oxidation sites excluding steroid dienone is 1. The Kier molecular flexibility index (Phi) is 4.74. The van der Waals surface area contributed by atoms with E-state index in [0.29, 0.717) is 16.0 Å². The van der Waals surface area contributed by atoms with E-state index in [9.17, 15) is 4.79 Å². The van der Waals surface area contributed by atoms with Gasteiger partial charge in [-0.3, -0.25) is 4.79 Å². The fourth-order valence-corrected chi connectivity index (χ4v) is 9.53. The SMILES string of the molecule is CC(=O)SC12CC1CC1CC(OCCCOC34CC3CC3CCCC=C34)CCC12. The normalized spacial score (nSPS) is 48.9. The first-order chi connectivity index (χ1) is 14.1. The van der Waals surface area contributed by atoms with Crippen molar-refractivity contribution in [1.82, 2.24) is 0 Å². The van der Waals surface area contributed by atoms with Gasteiger partial charge in [0.15, 0.2) is 5.12 Å². The van der Waals surface area contributed by atoms with Gasteiger partial charge in [0.1, 0.15) is 0 Å². The molecular formula is C25H36O3S. The molecule has 3 nitrogen and oxygen atoms in total. The first-order valence-corrected chi connectivity index (χ1v) is 13.1. The molecular weight excluding hydrogens is 380 g/mol. The minimum Gasteiger partial charge on any atom is -0.378 e. The van der Waals surface area contributed by atoms with Crippen molar-refractivity contribution in [3.05, 3.63) is 11.6 Å². The van der Waals surface area contributed by atoms with Crippen LogP contribution in [0.5, 0.6) is 0 Å². The molecule has 160 valence electrons. The monoisotopic (exact) mass is 416 g/mol. The average molecular weight is 417 g/mol. The van der Waals surface area contributed by atoms with Gasteiger partial charge in [0.25, 0.3) is 0 Å². The highest BCUT2D eigenvalue weighted by molar-refractivity contribution is 8.15. The topological polar surface area (TPSA) is 35.5 Å². The minimum absolute atomic E-state index is 0.163. The number of rotatable bonds is 7. The lowest BCUT2D eigenvalue weighted by Crippen LogP contribution is -2.33. The lowest BCUT2D eigenvalue weighted by molar-refractivity contribution is -0.109. The predicted molar refractivity (Wildman–Crippen MR) is 116 cm³/mol. The summed E-state index contributed by atoms with van der Waals surface area (Å²) >= 11 is 1.67. The summed E-state index contributed by atoms with van der Waals surface area (Å²) in [6, 6.07) is 0. The van der Waals surface area contributed by atoms with Crippen molar-refractivity contribution in [2.45, 2.75) is 94.0 Å². The fraction of sp³-hybridized carbons (Fsp3) is 0.880. The van der Waals surface area contributed by atoms with Crippen LogP contribution in [-0.4, -0.2) is 34.8 Å². The van der Waals surface area contributed by atoms with E-state index in [1.807, 2.05) is 0 Å². The van der Waals surface area contributed by atoms with E-state index in [2.05, 4.69) is 6.08 Å². The van der Waals surface area contributed by atoms with E-state index < -0.39 is 0 Å². The molecule has 4 heteroatoms. The standard InChI is InChI=1S/C25H36O3S/c1-16(26)29-25-15-20(25)12-18-13-21(7-8-23(18)25)27-9-4-10-28-24-14-19(24)11-17-5-2-3-6-22(17)24/h6,17-21,23H,2-5,7-15H2,1H3. The molecule has 8 unspecified atom stereocenters. The van der Waals surface area contributed by atoms with E-state index in [1.54, 1.807) is 24.3 Å². The third-order valence-electron chi connectivity index (χ3n) is 9.25. The molecule has 0 amide bonds. The van der Waals surface area contributed by atoms with Gasteiger partial charge in [-0.15, -0.1) is 0 Å². The third-order valence-corrected chi connectivity index (χ3v) is 10.7. The van der Waals surface area contributed by atoms with Gasteiger partial charge in [0.05, 0.1) is 11.7 Å². The van der Waals surface area contributed by atoms with Crippen LogP contribution in [0.25, 0.3) is 0 Å². The molecule has 8 atom stereocenters. The molecule has 6 aliphatic rings. The molecule has 5 fully saturated rings. The lowest BCUT2D eigenvalue weighted by atomic mass is 9.77. The molecule has 5 saturated carbocycles. The van der Waals surface area contributed by atoms with Gasteiger partial charge < -0.3 is 9.47 Å². The molecule has 29 heavy (non-hydrogen) atoms. The molecule has 0 aromatic heterocycles. The quantitative estimate of drug-likeness (QED) is 0.404. The Labute approximate surface area is 179 Å². The van der Waals surface area contributed by atoms with Crippen molar-refractivity contribution < 1.29 is 14.3 Å². The highest BCUT2D eigenvalue weighted by atomic mass is 32.2. The van der Waals surface area contributed by atoms with Crippen LogP contribution < -0.4 is 0 Å². The molecule has 0 heterocycles. The highest BCUT2D eigenvalue weighted by Crippen LogP contribution is 2.71. The molecule has 0 aliphatic heterocycles. The van der Waals surface area contributed by atoms with Crippen LogP contribution in [0, 0.1) is 29.6 Å². The zero-order valence-corrected chi connectivity index (χ0v) is 18.7. The maximum absolute atomic E-state index is 11.7. The van der Waals surface area contributed by atoms with Crippen LogP contribution in [0.1, 0.15) is 77.6 Å². The molecule has 0 radical (unpaired) electrons. The van der Waals surface area contributed by atoms with Crippen LogP contribution >= 0.6 is 11.8 Å². The predicted octanol–water partition coefficient (Wildman–Crippen LogP) is 5.53. The average Bonchev–Trinajstić information content (AvgIpc) is 3.52. The summed E-state index contributed by atoms with van der Waals surface area (Å²) < 4.78 is 13.1. The second-order valence-corrected chi connectivity index (χ2v) is 12.4. The minimum atomic E-state index is 0.163. The van der Waals surface area contributed by atoms with Gasteiger partial charge in [-0.2, -0.15) is 0 Å². The van der Waals surface area contributed by atoms with Crippen LogP contribution in [0.3, 0.4) is 0 Å². The molecule has 0 saturated heterocycles. The zero-order valence-electron chi connectivity index (χ0n) is 17.9. The van der Waals surface area contributed by atoms with Gasteiger partial charge in [0.2, 0.25) is 0 Å². The van der Waals surface area contributed by atoms with Gasteiger partial charge >= 0.3 is 0 Å². The van der Waals surface area contributed by atoms with E-state index in [0.717, 1.165) is 49.2 Å². The zero-order chi connectivity index (χ0) is 19.6. The molecule has 0 aromatic rings. The van der Waals surface area contributed by atoms with Crippen molar-refractivity contribution in [2.24, 2.45) is 29.6 Å². The van der Waals surface area contributed by atoms with Crippen molar-refractivity contribution in [2.75, 3.05) is 13.2 Å². The Bertz CT molecular complexity index is 719. The highest BCUT2D eigenvalue weighted by Gasteiger charge is 2.67. The Morgan fingerprint density at radius 2 is 2.07 bits per heavy atom. The third kappa shape index (κ3) is 3.19. The summed E-state index contributed by atoms with van der Waals surface area (Å²) in [6.45, 7) is 3.46. The number of hydrogen-bond acceptors (Lipinski definition) is 4. The first kappa shape index (κ1) is 19.4. The van der Waals surface area contributed by atoms with Gasteiger partial charge in [-0.1, -0.05) is 17.8 Å². The van der Waals surface area contributed by atoms with E-state index >= 15 is 0 Å². The van der Waals surface area contributed by atoms with Gasteiger partial charge in [-0.25, -0.2) is 0 Å². The number of fused-ring (bicyclic) bond motifs is 6. The summed E-state index contributed by atoms with van der Waals surface area (Å²) in [5, 5.41) is 0.321. The van der Waals surface area contributed by atoms with Crippen molar-refractivity contribution >= 4 is 16.9 Å². The van der Waals surface area contributed by atoms with Crippen LogP contribution in [0.2, 0.25) is 0 Å². The first-order valence-electron chi connectivity index (χ1n) is 12.3. The van der Waals surface area contributed by atoms with Gasteiger partial charge in [-0.05, 0) is 106 Å². The number of ether oxygens (including phenoxy) is 2. The summed E-state index contributed by atoms with van der Waals surface area (Å²) in [5.74, 6) is 4.05. The Morgan fingerprint density at radius 1 is 1.14 bits per heavy atom. The van der Waals surface area contributed by atoms with Crippen LogP contribution in [0.4, 0.5) is 0 Å². The smallest absolute Gasteiger partial charge is 0.186 e. The summed E-state index contributed by atoms with van der Waals surface area (Å²) in [4.78, 5) is 11.7. The Hall–Kier alpha value is -0.320. The summed E-state index contributed by atoms with van der Waals surface area (Å²) in [7, 11) is 0. The molecule has 6 rings (SSSR count). The number of carbonyl (C=O) groups excluding carboxylic acids is 1. The second kappa shape index (κ2) is 7.10. The Balaban J connectivity index is 0.935. The molecule has 6 aliphatic carbocycles. The lowest BCUT2D eigenvalue weighted by Gasteiger charge is -2.36.